The van der Waals surface area contributed by atoms with Crippen LogP contribution in [-0.4, -0.2) is 41.2 Å². The van der Waals surface area contributed by atoms with Crippen molar-refractivity contribution < 1.29 is 4.74 Å². The molecular formula is C16H18N6O. The highest BCUT2D eigenvalue weighted by Crippen LogP contribution is 2.20. The van der Waals surface area contributed by atoms with Gasteiger partial charge in [0.1, 0.15) is 11.9 Å². The monoisotopic (exact) mass is 310 g/mol. The Labute approximate surface area is 135 Å². The van der Waals surface area contributed by atoms with Crippen LogP contribution in [-0.2, 0) is 0 Å². The largest absolute Gasteiger partial charge is 0.481 e. The average molecular weight is 310 g/mol. The number of methoxy groups -OCH3 is 1. The Morgan fingerprint density at radius 1 is 1.26 bits per heavy atom. The fourth-order valence-corrected chi connectivity index (χ4v) is 2.60. The van der Waals surface area contributed by atoms with Gasteiger partial charge >= 0.3 is 0 Å². The number of anilines is 2. The van der Waals surface area contributed by atoms with Crippen LogP contribution in [0.1, 0.15) is 18.4 Å². The van der Waals surface area contributed by atoms with Gasteiger partial charge in [0.2, 0.25) is 11.8 Å². The van der Waals surface area contributed by atoms with Gasteiger partial charge in [0, 0.05) is 37.6 Å². The van der Waals surface area contributed by atoms with Gasteiger partial charge in [0.15, 0.2) is 0 Å². The fraction of sp³-hybridized carbons (Fsp3) is 0.375. The van der Waals surface area contributed by atoms with Gasteiger partial charge in [0.25, 0.3) is 0 Å². The number of aromatic nitrogens is 3. The van der Waals surface area contributed by atoms with Gasteiger partial charge in [-0.05, 0) is 25.0 Å². The molecule has 0 unspecified atom stereocenters. The summed E-state index contributed by atoms with van der Waals surface area (Å²) in [6, 6.07) is 7.85. The van der Waals surface area contributed by atoms with Gasteiger partial charge in [-0.15, -0.1) is 0 Å². The first-order valence-electron chi connectivity index (χ1n) is 7.53. The molecule has 7 nitrogen and oxygen atoms in total. The number of rotatable bonds is 4. The average Bonchev–Trinajstić information content (AvgIpc) is 2.63. The van der Waals surface area contributed by atoms with E-state index in [4.69, 9.17) is 10.00 Å². The van der Waals surface area contributed by atoms with Crippen LogP contribution in [0.5, 0.6) is 5.88 Å². The summed E-state index contributed by atoms with van der Waals surface area (Å²) in [4.78, 5) is 15.1. The number of ether oxygens (including phenoxy) is 1. The predicted octanol–water partition coefficient (Wildman–Crippen LogP) is 1.83. The molecule has 1 aliphatic rings. The van der Waals surface area contributed by atoms with Crippen molar-refractivity contribution in [3.8, 4) is 11.9 Å². The van der Waals surface area contributed by atoms with Crippen LogP contribution in [0.2, 0.25) is 0 Å². The lowest BCUT2D eigenvalue weighted by molar-refractivity contribution is 0.397. The van der Waals surface area contributed by atoms with E-state index in [-0.39, 0.29) is 0 Å². The summed E-state index contributed by atoms with van der Waals surface area (Å²) < 4.78 is 5.11. The van der Waals surface area contributed by atoms with E-state index >= 15 is 0 Å². The molecule has 1 saturated heterocycles. The van der Waals surface area contributed by atoms with Gasteiger partial charge in [-0.25, -0.2) is 9.97 Å². The van der Waals surface area contributed by atoms with Crippen molar-refractivity contribution in [1.82, 2.24) is 15.0 Å². The smallest absolute Gasteiger partial charge is 0.226 e. The molecule has 1 aliphatic heterocycles. The summed E-state index contributed by atoms with van der Waals surface area (Å²) in [5.74, 6) is 2.07. The molecule has 7 heteroatoms. The molecule has 0 spiro atoms. The van der Waals surface area contributed by atoms with Crippen LogP contribution in [0.25, 0.3) is 0 Å². The molecular weight excluding hydrogens is 292 g/mol. The Kier molecular flexibility index (Phi) is 4.52. The van der Waals surface area contributed by atoms with Crippen molar-refractivity contribution in [2.45, 2.75) is 18.9 Å². The number of nitrogens with one attached hydrogen (secondary N) is 1. The normalized spacial score (nSPS) is 15.0. The second-order valence-electron chi connectivity index (χ2n) is 5.35. The van der Waals surface area contributed by atoms with Gasteiger partial charge in [-0.1, -0.05) is 0 Å². The molecule has 23 heavy (non-hydrogen) atoms. The molecule has 1 fully saturated rings. The van der Waals surface area contributed by atoms with Crippen LogP contribution in [0.15, 0.2) is 30.6 Å². The van der Waals surface area contributed by atoms with E-state index < -0.39 is 0 Å². The molecule has 0 aromatic carbocycles. The molecule has 0 aliphatic carbocycles. The van der Waals surface area contributed by atoms with Crippen LogP contribution >= 0.6 is 0 Å². The highest BCUT2D eigenvalue weighted by molar-refractivity contribution is 5.42. The van der Waals surface area contributed by atoms with Crippen molar-refractivity contribution >= 4 is 11.8 Å². The van der Waals surface area contributed by atoms with E-state index in [1.54, 1.807) is 31.6 Å². The second-order valence-corrected chi connectivity index (χ2v) is 5.35. The van der Waals surface area contributed by atoms with E-state index in [0.717, 1.165) is 31.7 Å². The minimum atomic E-state index is 0.330. The maximum absolute atomic E-state index is 8.82. The zero-order valence-electron chi connectivity index (χ0n) is 12.9. The van der Waals surface area contributed by atoms with Crippen molar-refractivity contribution in [2.24, 2.45) is 0 Å². The minimum Gasteiger partial charge on any atom is -0.481 e. The number of hydrogen-bond acceptors (Lipinski definition) is 7. The zero-order chi connectivity index (χ0) is 16.1. The van der Waals surface area contributed by atoms with Crippen LogP contribution in [0.4, 0.5) is 11.8 Å². The molecule has 0 amide bonds. The number of pyridine rings is 1. The second kappa shape index (κ2) is 6.92. The predicted molar refractivity (Wildman–Crippen MR) is 86.4 cm³/mol. The third kappa shape index (κ3) is 3.66. The molecule has 1 N–H and O–H groups in total. The van der Waals surface area contributed by atoms with Gasteiger partial charge in [-0.2, -0.15) is 10.2 Å². The van der Waals surface area contributed by atoms with Crippen molar-refractivity contribution in [2.75, 3.05) is 30.4 Å². The first kappa shape index (κ1) is 15.0. The topological polar surface area (TPSA) is 87.0 Å². The summed E-state index contributed by atoms with van der Waals surface area (Å²) in [5, 5.41) is 12.2. The fourth-order valence-electron chi connectivity index (χ4n) is 2.60. The van der Waals surface area contributed by atoms with Crippen LogP contribution in [0, 0.1) is 11.3 Å². The van der Waals surface area contributed by atoms with Gasteiger partial charge in [-0.3, -0.25) is 0 Å². The van der Waals surface area contributed by atoms with Crippen molar-refractivity contribution in [3.63, 3.8) is 0 Å². The van der Waals surface area contributed by atoms with Crippen LogP contribution < -0.4 is 15.0 Å². The Morgan fingerprint density at radius 3 is 2.74 bits per heavy atom. The highest BCUT2D eigenvalue weighted by Gasteiger charge is 2.20. The molecule has 118 valence electrons. The number of nitriles is 1. The molecule has 0 saturated carbocycles. The molecule has 3 heterocycles. The minimum absolute atomic E-state index is 0.330. The maximum Gasteiger partial charge on any atom is 0.226 e. The van der Waals surface area contributed by atoms with E-state index in [0.29, 0.717) is 23.4 Å². The summed E-state index contributed by atoms with van der Waals surface area (Å²) in [5.41, 5.74) is 0.584. The SMILES string of the molecule is COc1ccnc(NC2CCN(c3ccc(C#N)cn3)CC2)n1. The molecule has 0 atom stereocenters. The number of nitrogens with zero attached hydrogens (tertiary/aromatic N) is 5. The van der Waals surface area contributed by atoms with E-state index in [2.05, 4.69) is 31.2 Å². The molecule has 2 aromatic rings. The van der Waals surface area contributed by atoms with E-state index in [1.807, 2.05) is 6.07 Å². The first-order valence-corrected chi connectivity index (χ1v) is 7.53. The first-order chi connectivity index (χ1) is 11.3. The maximum atomic E-state index is 8.82. The Morgan fingerprint density at radius 2 is 2.09 bits per heavy atom. The summed E-state index contributed by atoms with van der Waals surface area (Å²) in [6.07, 6.45) is 5.25. The standard InChI is InChI=1S/C16H18N6O/c1-23-15-4-7-18-16(21-15)20-13-5-8-22(9-6-13)14-3-2-12(10-17)11-19-14/h2-4,7,11,13H,5-6,8-9H2,1H3,(H,18,20,21). The Balaban J connectivity index is 1.56. The lowest BCUT2D eigenvalue weighted by atomic mass is 10.1. The Hall–Kier alpha value is -2.88. The summed E-state index contributed by atoms with van der Waals surface area (Å²) in [6.45, 7) is 1.81. The zero-order valence-corrected chi connectivity index (χ0v) is 12.9. The molecule has 0 bridgehead atoms. The summed E-state index contributed by atoms with van der Waals surface area (Å²) >= 11 is 0. The van der Waals surface area contributed by atoms with Gasteiger partial charge in [0.05, 0.1) is 12.7 Å². The van der Waals surface area contributed by atoms with E-state index in [1.165, 1.54) is 0 Å². The summed E-state index contributed by atoms with van der Waals surface area (Å²) in [7, 11) is 1.59. The van der Waals surface area contributed by atoms with Gasteiger partial charge < -0.3 is 15.0 Å². The Bertz CT molecular complexity index is 688. The number of piperidine rings is 1. The lowest BCUT2D eigenvalue weighted by Crippen LogP contribution is -2.39. The lowest BCUT2D eigenvalue weighted by Gasteiger charge is -2.33. The van der Waals surface area contributed by atoms with Crippen LogP contribution in [0.3, 0.4) is 0 Å². The molecule has 3 rings (SSSR count). The third-order valence-electron chi connectivity index (χ3n) is 3.87. The third-order valence-corrected chi connectivity index (χ3v) is 3.87. The van der Waals surface area contributed by atoms with Crippen molar-refractivity contribution in [1.29, 1.82) is 5.26 Å². The quantitative estimate of drug-likeness (QED) is 0.921. The van der Waals surface area contributed by atoms with Crippen molar-refractivity contribution in [3.05, 3.63) is 36.2 Å². The highest BCUT2D eigenvalue weighted by atomic mass is 16.5. The van der Waals surface area contributed by atoms with E-state index in [9.17, 15) is 0 Å². The molecule has 2 aromatic heterocycles. The molecule has 0 radical (unpaired) electrons. The number of hydrogen-bond donors (Lipinski definition) is 1.